The minimum atomic E-state index is 0.208. The van der Waals surface area contributed by atoms with Gasteiger partial charge in [-0.3, -0.25) is 0 Å². The molecule has 4 unspecified atom stereocenters. The molecule has 0 N–H and O–H groups in total. The average Bonchev–Trinajstić information content (AvgIpc) is 3.11. The SMILES string of the molecule is CC1=C(C)CC(N(c2ccc(C)c(C)c2)C2C=Cc3ccc4c5c3C2C=CC5CC=C4N(c2ccc(C)c(C)c2)c2ccc(C)c(C)c2)C=C1. The van der Waals surface area contributed by atoms with E-state index in [-0.39, 0.29) is 12.0 Å². The van der Waals surface area contributed by atoms with Crippen LogP contribution in [0.15, 0.2) is 114 Å². The van der Waals surface area contributed by atoms with E-state index in [4.69, 9.17) is 0 Å². The largest absolute Gasteiger partial charge is 0.357 e. The van der Waals surface area contributed by atoms with Crippen LogP contribution in [-0.4, -0.2) is 12.1 Å². The number of hydrogen-bond donors (Lipinski definition) is 0. The van der Waals surface area contributed by atoms with Crippen molar-refractivity contribution in [2.24, 2.45) is 0 Å². The van der Waals surface area contributed by atoms with Crippen LogP contribution >= 0.6 is 0 Å². The Kier molecular flexibility index (Phi) is 8.10. The van der Waals surface area contributed by atoms with Gasteiger partial charge in [0.15, 0.2) is 0 Å². The first-order valence-corrected chi connectivity index (χ1v) is 18.5. The van der Waals surface area contributed by atoms with Gasteiger partial charge in [0, 0.05) is 40.2 Å². The Morgan fingerprint density at radius 2 is 1.18 bits per heavy atom. The molecule has 4 aromatic carbocycles. The maximum atomic E-state index is 2.73. The molecule has 2 heteroatoms. The topological polar surface area (TPSA) is 6.48 Å². The predicted octanol–water partition coefficient (Wildman–Crippen LogP) is 12.4. The summed E-state index contributed by atoms with van der Waals surface area (Å²) < 4.78 is 0. The summed E-state index contributed by atoms with van der Waals surface area (Å²) in [6.45, 7) is 17.9. The molecule has 4 aliphatic carbocycles. The number of aryl methyl sites for hydroxylation is 6. The van der Waals surface area contributed by atoms with Crippen LogP contribution in [0.1, 0.15) is 94.2 Å². The maximum absolute atomic E-state index is 2.73. The first-order chi connectivity index (χ1) is 24.1. The third-order valence-corrected chi connectivity index (χ3v) is 12.2. The van der Waals surface area contributed by atoms with Crippen molar-refractivity contribution in [3.8, 4) is 0 Å². The van der Waals surface area contributed by atoms with Gasteiger partial charge < -0.3 is 9.80 Å². The third-order valence-electron chi connectivity index (χ3n) is 12.2. The monoisotopic (exact) mass is 654 g/mol. The molecule has 0 aromatic heterocycles. The fourth-order valence-corrected chi connectivity index (χ4v) is 8.63. The Hall–Kier alpha value is -4.82. The lowest BCUT2D eigenvalue weighted by atomic mass is 9.69. The van der Waals surface area contributed by atoms with Gasteiger partial charge in [-0.1, -0.05) is 84.0 Å². The molecule has 0 aliphatic heterocycles. The highest BCUT2D eigenvalue weighted by molar-refractivity contribution is 5.92. The van der Waals surface area contributed by atoms with Crippen molar-refractivity contribution < 1.29 is 0 Å². The van der Waals surface area contributed by atoms with Crippen molar-refractivity contribution in [1.29, 1.82) is 0 Å². The number of hydrogen-bond acceptors (Lipinski definition) is 2. The van der Waals surface area contributed by atoms with Crippen molar-refractivity contribution in [3.05, 3.63) is 170 Å². The molecule has 0 saturated heterocycles. The third kappa shape index (κ3) is 5.41. The van der Waals surface area contributed by atoms with Gasteiger partial charge in [0.25, 0.3) is 0 Å². The lowest BCUT2D eigenvalue weighted by Gasteiger charge is -2.46. The molecule has 0 amide bonds. The summed E-state index contributed by atoms with van der Waals surface area (Å²) in [7, 11) is 0. The van der Waals surface area contributed by atoms with Gasteiger partial charge in [0.05, 0.1) is 12.1 Å². The van der Waals surface area contributed by atoms with Gasteiger partial charge in [-0.05, 0) is 155 Å². The van der Waals surface area contributed by atoms with Crippen molar-refractivity contribution in [2.75, 3.05) is 9.80 Å². The van der Waals surface area contributed by atoms with E-state index >= 15 is 0 Å². The first-order valence-electron chi connectivity index (χ1n) is 18.5. The van der Waals surface area contributed by atoms with E-state index in [1.807, 2.05) is 0 Å². The Morgan fingerprint density at radius 1 is 0.560 bits per heavy atom. The predicted molar refractivity (Wildman–Crippen MR) is 215 cm³/mol. The van der Waals surface area contributed by atoms with E-state index < -0.39 is 0 Å². The fraction of sp³-hybridized carbons (Fsp3) is 0.292. The zero-order valence-corrected chi connectivity index (χ0v) is 31.0. The van der Waals surface area contributed by atoms with Gasteiger partial charge >= 0.3 is 0 Å². The van der Waals surface area contributed by atoms with Crippen LogP contribution < -0.4 is 9.80 Å². The van der Waals surface area contributed by atoms with Crippen LogP contribution in [-0.2, 0) is 0 Å². The van der Waals surface area contributed by atoms with Crippen LogP contribution in [0.5, 0.6) is 0 Å². The molecule has 0 heterocycles. The van der Waals surface area contributed by atoms with Gasteiger partial charge in [-0.25, -0.2) is 0 Å². The summed E-state index contributed by atoms with van der Waals surface area (Å²) >= 11 is 0. The van der Waals surface area contributed by atoms with Crippen molar-refractivity contribution >= 4 is 28.8 Å². The smallest absolute Gasteiger partial charge is 0.0586 e. The van der Waals surface area contributed by atoms with Gasteiger partial charge in [0.1, 0.15) is 0 Å². The van der Waals surface area contributed by atoms with Gasteiger partial charge in [-0.2, -0.15) is 0 Å². The summed E-state index contributed by atoms with van der Waals surface area (Å²) in [5, 5.41) is 0. The van der Waals surface area contributed by atoms with Crippen molar-refractivity contribution in [3.63, 3.8) is 0 Å². The molecule has 4 aliphatic rings. The lowest BCUT2D eigenvalue weighted by Crippen LogP contribution is -2.47. The van der Waals surface area contributed by atoms with Crippen molar-refractivity contribution in [2.45, 2.75) is 92.2 Å². The molecule has 2 nitrogen and oxygen atoms in total. The number of benzene rings is 4. The zero-order valence-electron chi connectivity index (χ0n) is 31.0. The fourth-order valence-electron chi connectivity index (χ4n) is 8.63. The molecule has 4 aromatic rings. The molecule has 0 spiro atoms. The van der Waals surface area contributed by atoms with E-state index in [2.05, 4.69) is 174 Å². The van der Waals surface area contributed by atoms with Crippen LogP contribution in [0, 0.1) is 41.5 Å². The van der Waals surface area contributed by atoms with E-state index in [9.17, 15) is 0 Å². The Labute approximate surface area is 299 Å². The number of allylic oxidation sites excluding steroid dienone is 4. The molecule has 0 radical (unpaired) electrons. The second-order valence-corrected chi connectivity index (χ2v) is 15.4. The second kappa shape index (κ2) is 12.5. The van der Waals surface area contributed by atoms with Crippen LogP contribution in [0.4, 0.5) is 17.1 Å². The van der Waals surface area contributed by atoms with Gasteiger partial charge in [0.2, 0.25) is 0 Å². The molecule has 0 saturated carbocycles. The van der Waals surface area contributed by atoms with E-state index in [0.29, 0.717) is 12.0 Å². The van der Waals surface area contributed by atoms with Crippen LogP contribution in [0.2, 0.25) is 0 Å². The molecular formula is C48H50N2. The Morgan fingerprint density at radius 3 is 1.80 bits per heavy atom. The highest BCUT2D eigenvalue weighted by atomic mass is 15.2. The summed E-state index contributed by atoms with van der Waals surface area (Å²) in [4.78, 5) is 5.24. The van der Waals surface area contributed by atoms with Crippen LogP contribution in [0.25, 0.3) is 11.8 Å². The minimum absolute atomic E-state index is 0.208. The zero-order chi connectivity index (χ0) is 34.8. The Bertz CT molecular complexity index is 2130. The molecule has 252 valence electrons. The first kappa shape index (κ1) is 32.4. The average molecular weight is 655 g/mol. The summed E-state index contributed by atoms with van der Waals surface area (Å²) in [5.74, 6) is 0.644. The van der Waals surface area contributed by atoms with Crippen LogP contribution in [0.3, 0.4) is 0 Å². The molecule has 0 fully saturated rings. The number of anilines is 3. The lowest BCUT2D eigenvalue weighted by molar-refractivity contribution is 0.555. The summed E-state index contributed by atoms with van der Waals surface area (Å²) in [5.41, 5.74) is 21.7. The molecule has 0 bridgehead atoms. The van der Waals surface area contributed by atoms with Crippen molar-refractivity contribution in [1.82, 2.24) is 0 Å². The Balaban J connectivity index is 1.27. The van der Waals surface area contributed by atoms with Gasteiger partial charge in [-0.15, -0.1) is 0 Å². The standard InChI is InChI=1S/C48H50N2/c1-29-9-17-39(25-33(29)5)49(40-18-10-30(2)34(6)26-40)45-23-15-37-14-22-44-46(24-16-38-13-21-43(45)47(37)48(38)44)50(41-19-11-31(3)35(7)27-41)42-20-12-32(4)36(8)28-42/h9-15,17-25,27-28,38,40,43,45H,16,26H2,1-8H3. The van der Waals surface area contributed by atoms with E-state index in [1.54, 1.807) is 0 Å². The molecule has 4 atom stereocenters. The minimum Gasteiger partial charge on any atom is -0.357 e. The second-order valence-electron chi connectivity index (χ2n) is 15.4. The summed E-state index contributed by atoms with van der Waals surface area (Å²) in [6.07, 6.45) is 19.3. The summed E-state index contributed by atoms with van der Waals surface area (Å²) in [6, 6.07) is 26.2. The highest BCUT2D eigenvalue weighted by Crippen LogP contribution is 2.51. The van der Waals surface area contributed by atoms with E-state index in [0.717, 1.165) is 12.8 Å². The number of rotatable bonds is 6. The quantitative estimate of drug-likeness (QED) is 0.191. The molecule has 8 rings (SSSR count). The molecular weight excluding hydrogens is 605 g/mol. The highest BCUT2D eigenvalue weighted by Gasteiger charge is 2.40. The maximum Gasteiger partial charge on any atom is 0.0586 e. The number of nitrogens with zero attached hydrogens (tertiary/aromatic N) is 2. The normalized spacial score (nSPS) is 21.6. The van der Waals surface area contributed by atoms with E-state index in [1.165, 1.54) is 89.5 Å². The molecule has 50 heavy (non-hydrogen) atoms.